The maximum Gasteiger partial charge on any atom is 0.439 e. The van der Waals surface area contributed by atoms with Gasteiger partial charge < -0.3 is 4.43 Å². The zero-order chi connectivity index (χ0) is 9.83. The second-order valence-electron chi connectivity index (χ2n) is 3.65. The molecule has 5 heteroatoms. The minimum absolute atomic E-state index is 0.138. The van der Waals surface area contributed by atoms with E-state index in [1.807, 2.05) is 41.9 Å². The van der Waals surface area contributed by atoms with Crippen molar-refractivity contribution < 1.29 is 4.43 Å². The zero-order valence-corrected chi connectivity index (χ0v) is 9.91. The van der Waals surface area contributed by atoms with Crippen molar-refractivity contribution in [1.29, 1.82) is 0 Å². The maximum atomic E-state index is 5.88. The van der Waals surface area contributed by atoms with Crippen LogP contribution in [0.15, 0.2) is 0 Å². The Morgan fingerprint density at radius 2 is 1.25 bits per heavy atom. The van der Waals surface area contributed by atoms with Gasteiger partial charge in [0.25, 0.3) is 0 Å². The molecular weight excluding hydrogens is 170 g/mol. The van der Waals surface area contributed by atoms with Gasteiger partial charge in [0.1, 0.15) is 0 Å². The Morgan fingerprint density at radius 1 is 0.917 bits per heavy atom. The zero-order valence-electron chi connectivity index (χ0n) is 8.91. The first kappa shape index (κ1) is 12.1. The lowest BCUT2D eigenvalue weighted by atomic mass is 10.2. The molecule has 0 fully saturated rings. The summed E-state index contributed by atoms with van der Waals surface area (Å²) in [5.41, 5.74) is -0.138. The Balaban J connectivity index is 4.30. The van der Waals surface area contributed by atoms with Crippen LogP contribution in [-0.4, -0.2) is 35.5 Å². The van der Waals surface area contributed by atoms with Gasteiger partial charge in [0, 0.05) is 0 Å². The summed E-state index contributed by atoms with van der Waals surface area (Å²) in [4.78, 5) is 9.50. The number of rotatable bonds is 4. The average Bonchev–Trinajstić information content (AvgIpc) is 1.99. The fraction of sp³-hybridized carbons (Fsp3) is 1.00. The molecule has 0 amide bonds. The summed E-state index contributed by atoms with van der Waals surface area (Å²) in [5.74, 6) is 0. The van der Waals surface area contributed by atoms with Crippen molar-refractivity contribution in [2.75, 3.05) is 21.1 Å². The molecule has 0 aromatic carbocycles. The van der Waals surface area contributed by atoms with Crippen LogP contribution in [0, 0.1) is 0 Å². The largest absolute Gasteiger partial charge is 0.439 e. The van der Waals surface area contributed by atoms with E-state index >= 15 is 0 Å². The molecule has 74 valence electrons. The molecule has 0 rings (SSSR count). The molecule has 0 aromatic heterocycles. The maximum absolute atomic E-state index is 5.88. The van der Waals surface area contributed by atoms with Crippen LogP contribution in [0.25, 0.3) is 0 Å². The van der Waals surface area contributed by atoms with Gasteiger partial charge in [-0.1, -0.05) is 0 Å². The standard InChI is InChI=1S/C7H21N3OSi/c1-7(2,3)11-12(8-4,9-5)10-6/h8-10H,1-6H3. The molecule has 0 saturated carbocycles. The lowest BCUT2D eigenvalue weighted by molar-refractivity contribution is 0.104. The average molecular weight is 191 g/mol. The second-order valence-corrected chi connectivity index (χ2v) is 6.71. The van der Waals surface area contributed by atoms with Crippen molar-refractivity contribution in [3.8, 4) is 0 Å². The van der Waals surface area contributed by atoms with Crippen LogP contribution in [0.1, 0.15) is 20.8 Å². The van der Waals surface area contributed by atoms with Crippen molar-refractivity contribution in [3.05, 3.63) is 0 Å². The van der Waals surface area contributed by atoms with E-state index in [2.05, 4.69) is 14.9 Å². The third-order valence-corrected chi connectivity index (χ3v) is 4.55. The molecule has 0 aliphatic carbocycles. The summed E-state index contributed by atoms with van der Waals surface area (Å²) in [6, 6.07) is 0. The quantitative estimate of drug-likeness (QED) is 0.543. The first-order valence-corrected chi connectivity index (χ1v) is 6.07. The predicted octanol–water partition coefficient (Wildman–Crippen LogP) is -0.105. The number of hydrogen-bond acceptors (Lipinski definition) is 4. The molecule has 0 aliphatic heterocycles. The smallest absolute Gasteiger partial charge is 0.375 e. The van der Waals surface area contributed by atoms with E-state index in [0.717, 1.165) is 0 Å². The molecule has 4 nitrogen and oxygen atoms in total. The lowest BCUT2D eigenvalue weighted by Gasteiger charge is -2.35. The highest BCUT2D eigenvalue weighted by atomic mass is 28.4. The van der Waals surface area contributed by atoms with E-state index < -0.39 is 8.80 Å². The van der Waals surface area contributed by atoms with Gasteiger partial charge in [0.2, 0.25) is 0 Å². The van der Waals surface area contributed by atoms with Gasteiger partial charge in [-0.15, -0.1) is 0 Å². The highest BCUT2D eigenvalue weighted by Crippen LogP contribution is 2.10. The van der Waals surface area contributed by atoms with E-state index in [-0.39, 0.29) is 5.60 Å². The normalized spacial score (nSPS) is 13.5. The van der Waals surface area contributed by atoms with Crippen LogP contribution < -0.4 is 14.9 Å². The predicted molar refractivity (Wildman–Crippen MR) is 53.8 cm³/mol. The summed E-state index contributed by atoms with van der Waals surface area (Å²) in [7, 11) is 3.58. The molecule has 0 heterocycles. The number of nitrogens with one attached hydrogen (secondary N) is 3. The molecule has 3 N–H and O–H groups in total. The SMILES string of the molecule is CN[Si](NC)(NC)OC(C)(C)C. The molecule has 0 saturated heterocycles. The topological polar surface area (TPSA) is 45.3 Å². The van der Waals surface area contributed by atoms with Crippen molar-refractivity contribution in [1.82, 2.24) is 14.9 Å². The van der Waals surface area contributed by atoms with Crippen LogP contribution in [0.5, 0.6) is 0 Å². The van der Waals surface area contributed by atoms with Crippen LogP contribution in [0.4, 0.5) is 0 Å². The Kier molecular flexibility index (Phi) is 4.36. The molecule has 0 spiro atoms. The number of hydrogen-bond donors (Lipinski definition) is 3. The molecule has 0 unspecified atom stereocenters. The van der Waals surface area contributed by atoms with Gasteiger partial charge in [0.15, 0.2) is 0 Å². The summed E-state index contributed by atoms with van der Waals surface area (Å²) in [6.45, 7) is 6.13. The van der Waals surface area contributed by atoms with Gasteiger partial charge >= 0.3 is 8.80 Å². The van der Waals surface area contributed by atoms with Crippen molar-refractivity contribution in [2.45, 2.75) is 26.4 Å². The van der Waals surface area contributed by atoms with Crippen molar-refractivity contribution >= 4 is 8.80 Å². The molecule has 0 aromatic rings. The van der Waals surface area contributed by atoms with Gasteiger partial charge in [-0.25, -0.2) is 0 Å². The fourth-order valence-electron chi connectivity index (χ4n) is 0.987. The highest BCUT2D eigenvalue weighted by molar-refractivity contribution is 6.66. The van der Waals surface area contributed by atoms with Crippen LogP contribution in [0.3, 0.4) is 0 Å². The van der Waals surface area contributed by atoms with E-state index in [0.29, 0.717) is 0 Å². The van der Waals surface area contributed by atoms with E-state index in [1.165, 1.54) is 0 Å². The van der Waals surface area contributed by atoms with E-state index in [1.54, 1.807) is 0 Å². The highest BCUT2D eigenvalue weighted by Gasteiger charge is 2.36. The van der Waals surface area contributed by atoms with Crippen molar-refractivity contribution in [3.63, 3.8) is 0 Å². The Morgan fingerprint density at radius 3 is 1.33 bits per heavy atom. The lowest BCUT2D eigenvalue weighted by Crippen LogP contribution is -2.73. The molecule has 0 atom stereocenters. The van der Waals surface area contributed by atoms with Gasteiger partial charge in [0.05, 0.1) is 5.60 Å². The molecule has 12 heavy (non-hydrogen) atoms. The van der Waals surface area contributed by atoms with Crippen molar-refractivity contribution in [2.24, 2.45) is 0 Å². The van der Waals surface area contributed by atoms with Crippen LogP contribution >= 0.6 is 0 Å². The summed E-state index contributed by atoms with van der Waals surface area (Å²) in [5, 5.41) is 0. The second kappa shape index (κ2) is 4.34. The third-order valence-electron chi connectivity index (χ3n) is 1.52. The molecule has 0 bridgehead atoms. The molecule has 0 aliphatic rings. The minimum Gasteiger partial charge on any atom is -0.375 e. The van der Waals surface area contributed by atoms with Crippen LogP contribution in [0.2, 0.25) is 0 Å². The Bertz CT molecular complexity index is 123. The monoisotopic (exact) mass is 191 g/mol. The van der Waals surface area contributed by atoms with E-state index in [4.69, 9.17) is 4.43 Å². The summed E-state index contributed by atoms with van der Waals surface area (Å²) < 4.78 is 5.88. The molecular formula is C7H21N3OSi. The minimum atomic E-state index is -2.10. The molecule has 0 radical (unpaired) electrons. The Labute approximate surface area is 76.4 Å². The van der Waals surface area contributed by atoms with Gasteiger partial charge in [-0.2, -0.15) is 0 Å². The Hall–Kier alpha value is 0.0569. The van der Waals surface area contributed by atoms with Gasteiger partial charge in [-0.3, -0.25) is 14.9 Å². The first-order chi connectivity index (χ1) is 5.39. The van der Waals surface area contributed by atoms with Crippen LogP contribution in [-0.2, 0) is 4.43 Å². The van der Waals surface area contributed by atoms with Gasteiger partial charge in [-0.05, 0) is 41.9 Å². The summed E-state index contributed by atoms with van der Waals surface area (Å²) in [6.07, 6.45) is 0. The summed E-state index contributed by atoms with van der Waals surface area (Å²) >= 11 is 0. The first-order valence-electron chi connectivity index (χ1n) is 4.16. The fourth-order valence-corrected chi connectivity index (χ4v) is 2.96. The third kappa shape index (κ3) is 3.64. The van der Waals surface area contributed by atoms with E-state index in [9.17, 15) is 0 Å².